The fourth-order valence-electron chi connectivity index (χ4n) is 2.60. The second kappa shape index (κ2) is 7.05. The zero-order chi connectivity index (χ0) is 19.0. The quantitative estimate of drug-likeness (QED) is 0.649. The number of carbonyl (C=O) groups is 1. The van der Waals surface area contributed by atoms with E-state index in [0.717, 1.165) is 16.6 Å². The van der Waals surface area contributed by atoms with Crippen molar-refractivity contribution < 1.29 is 18.3 Å². The molecule has 3 aromatic rings. The zero-order valence-corrected chi connectivity index (χ0v) is 15.3. The number of benzene rings is 1. The highest BCUT2D eigenvalue weighted by Gasteiger charge is 2.19. The Hall–Kier alpha value is -2.45. The Morgan fingerprint density at radius 1 is 1.35 bits per heavy atom. The van der Waals surface area contributed by atoms with Crippen LogP contribution in [0.3, 0.4) is 0 Å². The molecular weight excluding hydrogens is 384 g/mol. The SMILES string of the molecule is Cc1cc(C)c2c(N)c(C(=O)Nc3ccc(OC(F)F)c(Cl)c3)sc2n1. The number of nitrogens with one attached hydrogen (secondary N) is 1. The van der Waals surface area contributed by atoms with Crippen LogP contribution in [0.4, 0.5) is 20.2 Å². The molecule has 2 aromatic heterocycles. The normalized spacial score (nSPS) is 11.2. The minimum Gasteiger partial charge on any atom is -0.433 e. The summed E-state index contributed by atoms with van der Waals surface area (Å²) in [6.07, 6.45) is 0. The van der Waals surface area contributed by atoms with E-state index in [4.69, 9.17) is 17.3 Å². The summed E-state index contributed by atoms with van der Waals surface area (Å²) >= 11 is 7.09. The Morgan fingerprint density at radius 3 is 2.73 bits per heavy atom. The van der Waals surface area contributed by atoms with Crippen molar-refractivity contribution in [1.29, 1.82) is 0 Å². The Bertz CT molecular complexity index is 1010. The van der Waals surface area contributed by atoms with Gasteiger partial charge in [-0.05, 0) is 43.7 Å². The molecule has 0 aliphatic heterocycles. The van der Waals surface area contributed by atoms with Crippen LogP contribution < -0.4 is 15.8 Å². The van der Waals surface area contributed by atoms with Gasteiger partial charge in [0.25, 0.3) is 5.91 Å². The van der Waals surface area contributed by atoms with Crippen LogP contribution in [0.1, 0.15) is 20.9 Å². The van der Waals surface area contributed by atoms with Gasteiger partial charge < -0.3 is 15.8 Å². The molecule has 136 valence electrons. The van der Waals surface area contributed by atoms with Crippen LogP contribution in [0.15, 0.2) is 24.3 Å². The number of nitrogen functional groups attached to an aromatic ring is 1. The highest BCUT2D eigenvalue weighted by Crippen LogP contribution is 2.36. The van der Waals surface area contributed by atoms with Crippen molar-refractivity contribution in [2.45, 2.75) is 20.5 Å². The van der Waals surface area contributed by atoms with E-state index in [9.17, 15) is 13.6 Å². The van der Waals surface area contributed by atoms with Crippen LogP contribution >= 0.6 is 22.9 Å². The van der Waals surface area contributed by atoms with Gasteiger partial charge in [-0.15, -0.1) is 11.3 Å². The lowest BCUT2D eigenvalue weighted by atomic mass is 10.1. The number of halogens is 3. The molecule has 0 saturated carbocycles. The van der Waals surface area contributed by atoms with Crippen molar-refractivity contribution in [3.8, 4) is 5.75 Å². The predicted octanol–water partition coefficient (Wildman–Crippen LogP) is 5.00. The number of fused-ring (bicyclic) bond motifs is 1. The number of pyridine rings is 1. The average molecular weight is 398 g/mol. The van der Waals surface area contributed by atoms with Crippen LogP contribution in [0.2, 0.25) is 5.02 Å². The number of ether oxygens (including phenoxy) is 1. The molecule has 0 atom stereocenters. The highest BCUT2D eigenvalue weighted by molar-refractivity contribution is 7.21. The lowest BCUT2D eigenvalue weighted by Gasteiger charge is -2.09. The van der Waals surface area contributed by atoms with Crippen molar-refractivity contribution in [3.63, 3.8) is 0 Å². The standard InChI is InChI=1S/C17H14ClF2N3O2S/c1-7-5-8(2)22-16-12(7)13(21)14(26-16)15(24)23-9-3-4-11(10(18)6-9)25-17(19)20/h3-6,17H,21H2,1-2H3,(H,23,24). The predicted molar refractivity (Wildman–Crippen MR) is 99.5 cm³/mol. The molecule has 0 fully saturated rings. The second-order valence-corrected chi connectivity index (χ2v) is 6.99. The molecule has 1 aromatic carbocycles. The van der Waals surface area contributed by atoms with Gasteiger partial charge in [0.1, 0.15) is 15.5 Å². The molecule has 3 rings (SSSR count). The zero-order valence-electron chi connectivity index (χ0n) is 13.8. The number of hydrogen-bond acceptors (Lipinski definition) is 5. The van der Waals surface area contributed by atoms with E-state index in [1.165, 1.54) is 29.5 Å². The number of rotatable bonds is 4. The molecule has 0 aliphatic carbocycles. The molecule has 26 heavy (non-hydrogen) atoms. The fraction of sp³-hybridized carbons (Fsp3) is 0.176. The summed E-state index contributed by atoms with van der Waals surface area (Å²) in [5, 5.41) is 3.36. The van der Waals surface area contributed by atoms with Crippen LogP contribution in [-0.4, -0.2) is 17.5 Å². The number of nitrogens with zero attached hydrogens (tertiary/aromatic N) is 1. The molecule has 0 radical (unpaired) electrons. The Morgan fingerprint density at radius 2 is 2.08 bits per heavy atom. The van der Waals surface area contributed by atoms with E-state index in [1.54, 1.807) is 0 Å². The number of anilines is 2. The topological polar surface area (TPSA) is 77.2 Å². The van der Waals surface area contributed by atoms with Gasteiger partial charge in [0, 0.05) is 16.8 Å². The minimum absolute atomic E-state index is 0.0412. The van der Waals surface area contributed by atoms with E-state index in [2.05, 4.69) is 15.0 Å². The van der Waals surface area contributed by atoms with E-state index in [0.29, 0.717) is 21.1 Å². The Labute approximate surface area is 156 Å². The molecule has 5 nitrogen and oxygen atoms in total. The number of carbonyl (C=O) groups excluding carboxylic acids is 1. The van der Waals surface area contributed by atoms with Crippen molar-refractivity contribution in [2.24, 2.45) is 0 Å². The molecule has 0 bridgehead atoms. The summed E-state index contributed by atoms with van der Waals surface area (Å²) < 4.78 is 28.8. The lowest BCUT2D eigenvalue weighted by Crippen LogP contribution is -2.12. The third-order valence-corrected chi connectivity index (χ3v) is 5.03. The number of alkyl halides is 2. The first kappa shape index (κ1) is 18.3. The molecule has 9 heteroatoms. The lowest BCUT2D eigenvalue weighted by molar-refractivity contribution is -0.0497. The smallest absolute Gasteiger partial charge is 0.387 e. The van der Waals surface area contributed by atoms with Crippen molar-refractivity contribution >= 4 is 50.4 Å². The molecule has 1 amide bonds. The van der Waals surface area contributed by atoms with E-state index < -0.39 is 12.5 Å². The van der Waals surface area contributed by atoms with E-state index in [-0.39, 0.29) is 10.8 Å². The van der Waals surface area contributed by atoms with Crippen LogP contribution in [0, 0.1) is 13.8 Å². The van der Waals surface area contributed by atoms with Crippen LogP contribution in [0.5, 0.6) is 5.75 Å². The number of aromatic nitrogens is 1. The number of amides is 1. The number of aryl methyl sites for hydroxylation is 2. The Kier molecular flexibility index (Phi) is 4.97. The maximum atomic E-state index is 12.6. The number of thiophene rings is 1. The summed E-state index contributed by atoms with van der Waals surface area (Å²) in [6, 6.07) is 5.90. The van der Waals surface area contributed by atoms with E-state index in [1.807, 2.05) is 19.9 Å². The average Bonchev–Trinajstić information content (AvgIpc) is 2.86. The van der Waals surface area contributed by atoms with Crippen molar-refractivity contribution in [2.75, 3.05) is 11.1 Å². The molecular formula is C17H14ClF2N3O2S. The summed E-state index contributed by atoms with van der Waals surface area (Å²) in [7, 11) is 0. The summed E-state index contributed by atoms with van der Waals surface area (Å²) in [4.78, 5) is 18.0. The monoisotopic (exact) mass is 397 g/mol. The van der Waals surface area contributed by atoms with Gasteiger partial charge in [0.2, 0.25) is 0 Å². The maximum absolute atomic E-state index is 12.6. The highest BCUT2D eigenvalue weighted by atomic mass is 35.5. The van der Waals surface area contributed by atoms with Gasteiger partial charge >= 0.3 is 6.61 Å². The largest absolute Gasteiger partial charge is 0.433 e. The van der Waals surface area contributed by atoms with Gasteiger partial charge in [-0.3, -0.25) is 4.79 Å². The first-order valence-electron chi connectivity index (χ1n) is 7.48. The number of hydrogen-bond donors (Lipinski definition) is 2. The van der Waals surface area contributed by atoms with Gasteiger partial charge in [0.05, 0.1) is 10.7 Å². The molecule has 0 aliphatic rings. The van der Waals surface area contributed by atoms with Gasteiger partial charge in [0.15, 0.2) is 0 Å². The minimum atomic E-state index is -2.98. The summed E-state index contributed by atoms with van der Waals surface area (Å²) in [5.41, 5.74) is 8.60. The number of nitrogens with two attached hydrogens (primary N) is 1. The van der Waals surface area contributed by atoms with Crippen LogP contribution in [-0.2, 0) is 0 Å². The van der Waals surface area contributed by atoms with Crippen LogP contribution in [0.25, 0.3) is 10.2 Å². The maximum Gasteiger partial charge on any atom is 0.387 e. The van der Waals surface area contributed by atoms with Gasteiger partial charge in [-0.1, -0.05) is 11.6 Å². The van der Waals surface area contributed by atoms with Crippen molar-refractivity contribution in [3.05, 3.63) is 45.4 Å². The Balaban J connectivity index is 1.89. The first-order chi connectivity index (χ1) is 12.3. The first-order valence-corrected chi connectivity index (χ1v) is 8.67. The van der Waals surface area contributed by atoms with Gasteiger partial charge in [-0.25, -0.2) is 4.98 Å². The molecule has 0 spiro atoms. The van der Waals surface area contributed by atoms with E-state index >= 15 is 0 Å². The molecule has 0 unspecified atom stereocenters. The summed E-state index contributed by atoms with van der Waals surface area (Å²) in [5.74, 6) is -0.600. The third kappa shape index (κ3) is 3.56. The van der Waals surface area contributed by atoms with Gasteiger partial charge in [-0.2, -0.15) is 8.78 Å². The third-order valence-electron chi connectivity index (χ3n) is 3.64. The fourth-order valence-corrected chi connectivity index (χ4v) is 3.93. The second-order valence-electron chi connectivity index (χ2n) is 5.58. The van der Waals surface area contributed by atoms with Crippen molar-refractivity contribution in [1.82, 2.24) is 4.98 Å². The molecule has 2 heterocycles. The summed E-state index contributed by atoms with van der Waals surface area (Å²) in [6.45, 7) is 0.793. The molecule has 3 N–H and O–H groups in total. The molecule has 0 saturated heterocycles.